The zero-order valence-corrected chi connectivity index (χ0v) is 24.5. The van der Waals surface area contributed by atoms with Gasteiger partial charge in [0.15, 0.2) is 4.34 Å². The fraction of sp³-hybridized carbons (Fsp3) is 0.143. The van der Waals surface area contributed by atoms with Crippen molar-refractivity contribution in [2.75, 3.05) is 11.5 Å². The summed E-state index contributed by atoms with van der Waals surface area (Å²) in [7, 11) is 0. The molecule has 3 aromatic carbocycles. The molecule has 2 heterocycles. The van der Waals surface area contributed by atoms with Crippen LogP contribution in [0.3, 0.4) is 0 Å². The van der Waals surface area contributed by atoms with E-state index in [-0.39, 0.29) is 16.5 Å². The van der Waals surface area contributed by atoms with Crippen LogP contribution in [0.5, 0.6) is 5.75 Å². The molecule has 1 unspecified atom stereocenters. The zero-order chi connectivity index (χ0) is 27.5. The van der Waals surface area contributed by atoms with Gasteiger partial charge in [0.2, 0.25) is 5.13 Å². The van der Waals surface area contributed by atoms with Gasteiger partial charge in [0.05, 0.1) is 18.2 Å². The van der Waals surface area contributed by atoms with Crippen LogP contribution in [0.15, 0.2) is 87.2 Å². The Hall–Kier alpha value is -3.18. The van der Waals surface area contributed by atoms with Gasteiger partial charge in [-0.25, -0.2) is 0 Å². The molecule has 4 aromatic rings. The maximum absolute atomic E-state index is 13.4. The number of aliphatic hydroxyl groups excluding tert-OH is 1. The Morgan fingerprint density at radius 2 is 1.85 bits per heavy atom. The van der Waals surface area contributed by atoms with Crippen molar-refractivity contribution in [2.24, 2.45) is 0 Å². The number of nitrogens with zero attached hydrogens (tertiary/aromatic N) is 3. The molecule has 1 atom stereocenters. The van der Waals surface area contributed by atoms with Crippen molar-refractivity contribution in [3.63, 3.8) is 0 Å². The number of aromatic nitrogens is 2. The topological polar surface area (TPSA) is 92.6 Å². The number of hydrogen-bond acceptors (Lipinski definition) is 8. The van der Waals surface area contributed by atoms with Crippen molar-refractivity contribution in [2.45, 2.75) is 23.1 Å². The van der Waals surface area contributed by atoms with Crippen LogP contribution in [-0.2, 0) is 15.3 Å². The summed E-state index contributed by atoms with van der Waals surface area (Å²) in [5, 5.41) is 20.7. The summed E-state index contributed by atoms with van der Waals surface area (Å²) in [6.45, 7) is 2.38. The first-order chi connectivity index (χ1) is 18.9. The van der Waals surface area contributed by atoms with Crippen LogP contribution in [0, 0.1) is 0 Å². The van der Waals surface area contributed by atoms with Crippen molar-refractivity contribution in [1.29, 1.82) is 0 Å². The third-order valence-corrected chi connectivity index (χ3v) is 8.80. The Morgan fingerprint density at radius 3 is 2.54 bits per heavy atom. The van der Waals surface area contributed by atoms with E-state index in [1.165, 1.54) is 28.0 Å². The summed E-state index contributed by atoms with van der Waals surface area (Å²) >= 11 is 12.1. The third kappa shape index (κ3) is 5.89. The molecule has 1 aromatic heterocycles. The Kier molecular flexibility index (Phi) is 8.37. The fourth-order valence-corrected chi connectivity index (χ4v) is 6.50. The number of thioether (sulfide) groups is 1. The summed E-state index contributed by atoms with van der Waals surface area (Å²) in [6.07, 6.45) is 0. The predicted octanol–water partition coefficient (Wildman–Crippen LogP) is 7.27. The lowest BCUT2D eigenvalue weighted by atomic mass is 9.95. The lowest BCUT2D eigenvalue weighted by Gasteiger charge is -2.22. The molecule has 1 fully saturated rings. The van der Waals surface area contributed by atoms with E-state index in [0.29, 0.717) is 38.6 Å². The normalized spacial score (nSPS) is 16.6. The number of aliphatic hydroxyl groups is 1. The summed E-state index contributed by atoms with van der Waals surface area (Å²) in [5.41, 5.74) is 2.08. The van der Waals surface area contributed by atoms with Crippen molar-refractivity contribution < 1.29 is 19.4 Å². The number of amides is 1. The summed E-state index contributed by atoms with van der Waals surface area (Å²) < 4.78 is 6.89. The van der Waals surface area contributed by atoms with E-state index in [0.717, 1.165) is 10.0 Å². The quantitative estimate of drug-likeness (QED) is 0.0710. The largest absolute Gasteiger partial charge is 0.507 e. The molecule has 198 valence electrons. The van der Waals surface area contributed by atoms with Crippen LogP contribution in [0.2, 0.25) is 5.02 Å². The van der Waals surface area contributed by atoms with Crippen molar-refractivity contribution >= 4 is 73.2 Å². The van der Waals surface area contributed by atoms with E-state index >= 15 is 0 Å². The van der Waals surface area contributed by atoms with Crippen LogP contribution in [0.4, 0.5) is 5.13 Å². The molecule has 1 amide bonds. The van der Waals surface area contributed by atoms with Crippen LogP contribution >= 0.6 is 50.6 Å². The molecule has 0 spiro atoms. The smallest absolute Gasteiger partial charge is 0.301 e. The van der Waals surface area contributed by atoms with Gasteiger partial charge in [-0.2, -0.15) is 0 Å². The van der Waals surface area contributed by atoms with Gasteiger partial charge < -0.3 is 9.84 Å². The highest BCUT2D eigenvalue weighted by atomic mass is 79.9. The van der Waals surface area contributed by atoms with Crippen LogP contribution < -0.4 is 9.64 Å². The van der Waals surface area contributed by atoms with Gasteiger partial charge in [-0.15, -0.1) is 10.2 Å². The average molecular weight is 643 g/mol. The molecule has 5 rings (SSSR count). The predicted molar refractivity (Wildman–Crippen MR) is 157 cm³/mol. The van der Waals surface area contributed by atoms with E-state index in [9.17, 15) is 14.7 Å². The van der Waals surface area contributed by atoms with Crippen LogP contribution in [0.1, 0.15) is 29.7 Å². The van der Waals surface area contributed by atoms with Gasteiger partial charge in [0.1, 0.15) is 11.5 Å². The standard InChI is InChI=1S/C28H21BrClN3O4S2/c1-2-37-21-12-8-17(9-13-21)24(34)22-23(18-4-3-5-19(29)14-18)33(26(36)25(22)35)27-31-32-28(39-27)38-15-16-6-10-20(30)11-7-16/h3-14,23,34H,2,15H2,1H3/b24-22-. The van der Waals surface area contributed by atoms with E-state index in [1.54, 1.807) is 30.3 Å². The van der Waals surface area contributed by atoms with Gasteiger partial charge in [0.25, 0.3) is 5.78 Å². The monoisotopic (exact) mass is 641 g/mol. The Balaban J connectivity index is 1.52. The number of carbonyl (C=O) groups is 2. The highest BCUT2D eigenvalue weighted by Gasteiger charge is 2.48. The SMILES string of the molecule is CCOc1ccc(/C(O)=C2/C(=O)C(=O)N(c3nnc(SCc4ccc(Cl)cc4)s3)C2c2cccc(Br)c2)cc1. The molecule has 0 saturated carbocycles. The van der Waals surface area contributed by atoms with E-state index in [4.69, 9.17) is 16.3 Å². The molecule has 0 aliphatic carbocycles. The summed E-state index contributed by atoms with van der Waals surface area (Å²) in [5.74, 6) is -0.576. The Labute approximate surface area is 246 Å². The first kappa shape index (κ1) is 27.4. The zero-order valence-electron chi connectivity index (χ0n) is 20.5. The molecular weight excluding hydrogens is 622 g/mol. The van der Waals surface area contributed by atoms with Crippen LogP contribution in [-0.4, -0.2) is 33.6 Å². The van der Waals surface area contributed by atoms with Gasteiger partial charge >= 0.3 is 5.91 Å². The number of anilines is 1. The Bertz CT molecular complexity index is 1560. The molecule has 1 aliphatic rings. The number of ether oxygens (including phenoxy) is 1. The van der Waals surface area contributed by atoms with E-state index < -0.39 is 17.7 Å². The third-order valence-electron chi connectivity index (χ3n) is 5.93. The number of carbonyl (C=O) groups excluding carboxylic acids is 2. The molecule has 0 bridgehead atoms. The maximum Gasteiger partial charge on any atom is 0.301 e. The molecule has 7 nitrogen and oxygen atoms in total. The molecule has 1 aliphatic heterocycles. The number of Topliss-reactive ketones (excluding diaryl/α,β-unsaturated/α-hetero) is 1. The second-order valence-electron chi connectivity index (χ2n) is 8.45. The number of benzene rings is 3. The highest BCUT2D eigenvalue weighted by molar-refractivity contribution is 9.10. The Morgan fingerprint density at radius 1 is 1.10 bits per heavy atom. The second kappa shape index (κ2) is 11.9. The van der Waals surface area contributed by atoms with Crippen molar-refractivity contribution in [1.82, 2.24) is 10.2 Å². The minimum Gasteiger partial charge on any atom is -0.507 e. The lowest BCUT2D eigenvalue weighted by Crippen LogP contribution is -2.29. The van der Waals surface area contributed by atoms with Gasteiger partial charge in [-0.05, 0) is 66.6 Å². The average Bonchev–Trinajstić information content (AvgIpc) is 3.50. The lowest BCUT2D eigenvalue weighted by molar-refractivity contribution is -0.132. The number of rotatable bonds is 8. The molecule has 11 heteroatoms. The molecular formula is C28H21BrClN3O4S2. The van der Waals surface area contributed by atoms with Crippen molar-refractivity contribution in [3.8, 4) is 5.75 Å². The molecule has 1 saturated heterocycles. The molecule has 39 heavy (non-hydrogen) atoms. The maximum atomic E-state index is 13.4. The van der Waals surface area contributed by atoms with Crippen molar-refractivity contribution in [3.05, 3.63) is 105 Å². The number of ketones is 1. The minimum absolute atomic E-state index is 0.0205. The first-order valence-corrected chi connectivity index (χ1v) is 14.8. The summed E-state index contributed by atoms with van der Waals surface area (Å²) in [6, 6.07) is 20.6. The van der Waals surface area contributed by atoms with E-state index in [1.807, 2.05) is 49.4 Å². The van der Waals surface area contributed by atoms with E-state index in [2.05, 4.69) is 26.1 Å². The van der Waals surface area contributed by atoms with Crippen LogP contribution in [0.25, 0.3) is 5.76 Å². The van der Waals surface area contributed by atoms with Gasteiger partial charge in [-0.3, -0.25) is 14.5 Å². The minimum atomic E-state index is -0.892. The second-order valence-corrected chi connectivity index (χ2v) is 12.0. The van der Waals surface area contributed by atoms with Gasteiger partial charge in [0, 0.05) is 20.8 Å². The summed E-state index contributed by atoms with van der Waals surface area (Å²) in [4.78, 5) is 28.1. The number of hydrogen-bond donors (Lipinski definition) is 1. The highest BCUT2D eigenvalue weighted by Crippen LogP contribution is 2.44. The fourth-order valence-electron chi connectivity index (χ4n) is 4.14. The molecule has 0 radical (unpaired) electrons. The molecule has 1 N–H and O–H groups in total. The van der Waals surface area contributed by atoms with Gasteiger partial charge in [-0.1, -0.05) is 74.9 Å². The number of halogens is 2. The first-order valence-electron chi connectivity index (χ1n) is 11.9.